The van der Waals surface area contributed by atoms with Crippen molar-refractivity contribution in [2.75, 3.05) is 0 Å². The molecular weight excluding hydrogens is 243 g/mol. The van der Waals surface area contributed by atoms with Crippen LogP contribution in [0.25, 0.3) is 0 Å². The van der Waals surface area contributed by atoms with E-state index in [-0.39, 0.29) is 19.0 Å². The lowest BCUT2D eigenvalue weighted by atomic mass is 10.1. The predicted octanol–water partition coefficient (Wildman–Crippen LogP) is 3.51. The lowest BCUT2D eigenvalue weighted by Gasteiger charge is -2.12. The largest absolute Gasteiger partial charge is 0.485 e. The van der Waals surface area contributed by atoms with Crippen LogP contribution >= 0.6 is 0 Å². The molecular formula is C16H17FO2. The van der Waals surface area contributed by atoms with Gasteiger partial charge in [0.05, 0.1) is 6.61 Å². The highest BCUT2D eigenvalue weighted by Crippen LogP contribution is 2.24. The predicted molar refractivity (Wildman–Crippen MR) is 72.6 cm³/mol. The summed E-state index contributed by atoms with van der Waals surface area (Å²) in [6.45, 7) is 4.12. The van der Waals surface area contributed by atoms with Gasteiger partial charge in [-0.1, -0.05) is 30.3 Å². The SMILES string of the molecule is Cc1ccc(COc2c(F)cccc2CO)cc1C. The molecule has 0 bridgehead atoms. The van der Waals surface area contributed by atoms with E-state index in [1.807, 2.05) is 32.0 Å². The van der Waals surface area contributed by atoms with Crippen molar-refractivity contribution in [3.05, 3.63) is 64.5 Å². The van der Waals surface area contributed by atoms with Crippen molar-refractivity contribution in [1.29, 1.82) is 0 Å². The zero-order valence-electron chi connectivity index (χ0n) is 11.1. The zero-order valence-corrected chi connectivity index (χ0v) is 11.1. The Labute approximate surface area is 112 Å². The van der Waals surface area contributed by atoms with Crippen LogP contribution in [-0.4, -0.2) is 5.11 Å². The number of para-hydroxylation sites is 1. The lowest BCUT2D eigenvalue weighted by Crippen LogP contribution is -2.01. The molecule has 0 atom stereocenters. The van der Waals surface area contributed by atoms with Gasteiger partial charge in [0.1, 0.15) is 6.61 Å². The molecule has 2 aromatic carbocycles. The second-order valence-electron chi connectivity index (χ2n) is 4.59. The van der Waals surface area contributed by atoms with Gasteiger partial charge in [-0.15, -0.1) is 0 Å². The summed E-state index contributed by atoms with van der Waals surface area (Å²) in [4.78, 5) is 0. The Morgan fingerprint density at radius 1 is 1.11 bits per heavy atom. The van der Waals surface area contributed by atoms with Gasteiger partial charge in [-0.3, -0.25) is 0 Å². The first-order valence-electron chi connectivity index (χ1n) is 6.19. The van der Waals surface area contributed by atoms with E-state index >= 15 is 0 Å². The smallest absolute Gasteiger partial charge is 0.165 e. The normalized spacial score (nSPS) is 10.5. The molecule has 0 saturated heterocycles. The van der Waals surface area contributed by atoms with Crippen molar-refractivity contribution in [3.8, 4) is 5.75 Å². The minimum Gasteiger partial charge on any atom is -0.485 e. The molecule has 19 heavy (non-hydrogen) atoms. The Kier molecular flexibility index (Phi) is 4.17. The van der Waals surface area contributed by atoms with E-state index in [4.69, 9.17) is 4.74 Å². The summed E-state index contributed by atoms with van der Waals surface area (Å²) >= 11 is 0. The highest BCUT2D eigenvalue weighted by Gasteiger charge is 2.09. The maximum atomic E-state index is 13.6. The Morgan fingerprint density at radius 2 is 1.89 bits per heavy atom. The molecule has 3 heteroatoms. The van der Waals surface area contributed by atoms with Crippen LogP contribution < -0.4 is 4.74 Å². The Bertz CT molecular complexity index is 579. The molecule has 2 aromatic rings. The average molecular weight is 260 g/mol. The number of halogens is 1. The first-order chi connectivity index (χ1) is 9.11. The van der Waals surface area contributed by atoms with E-state index in [1.165, 1.54) is 17.2 Å². The molecule has 0 aliphatic rings. The monoisotopic (exact) mass is 260 g/mol. The number of rotatable bonds is 4. The minimum absolute atomic E-state index is 0.128. The molecule has 2 nitrogen and oxygen atoms in total. The summed E-state index contributed by atoms with van der Waals surface area (Å²) in [5.74, 6) is -0.321. The lowest BCUT2D eigenvalue weighted by molar-refractivity contribution is 0.251. The number of hydrogen-bond donors (Lipinski definition) is 1. The third-order valence-electron chi connectivity index (χ3n) is 3.17. The molecule has 0 heterocycles. The van der Waals surface area contributed by atoms with Gasteiger partial charge >= 0.3 is 0 Å². The van der Waals surface area contributed by atoms with Crippen LogP contribution in [-0.2, 0) is 13.2 Å². The number of ether oxygens (including phenoxy) is 1. The summed E-state index contributed by atoms with van der Waals surface area (Å²) < 4.78 is 19.2. The zero-order chi connectivity index (χ0) is 13.8. The van der Waals surface area contributed by atoms with Crippen LogP contribution in [0.5, 0.6) is 5.75 Å². The van der Waals surface area contributed by atoms with Crippen LogP contribution in [0.2, 0.25) is 0 Å². The molecule has 2 rings (SSSR count). The van der Waals surface area contributed by atoms with Crippen LogP contribution in [0, 0.1) is 19.7 Å². The third kappa shape index (κ3) is 3.12. The number of aliphatic hydroxyl groups excluding tert-OH is 1. The van der Waals surface area contributed by atoms with Crippen molar-refractivity contribution in [3.63, 3.8) is 0 Å². The van der Waals surface area contributed by atoms with Crippen molar-refractivity contribution in [2.24, 2.45) is 0 Å². The summed E-state index contributed by atoms with van der Waals surface area (Å²) in [6, 6.07) is 10.5. The first kappa shape index (κ1) is 13.6. The van der Waals surface area contributed by atoms with Gasteiger partial charge < -0.3 is 9.84 Å². The second kappa shape index (κ2) is 5.85. The van der Waals surface area contributed by atoms with Crippen LogP contribution in [0.1, 0.15) is 22.3 Å². The van der Waals surface area contributed by atoms with E-state index in [2.05, 4.69) is 0 Å². The molecule has 0 fully saturated rings. The van der Waals surface area contributed by atoms with Gasteiger partial charge in [-0.2, -0.15) is 0 Å². The van der Waals surface area contributed by atoms with E-state index in [0.717, 1.165) is 5.56 Å². The fourth-order valence-electron chi connectivity index (χ4n) is 1.89. The summed E-state index contributed by atoms with van der Waals surface area (Å²) in [5, 5.41) is 9.17. The third-order valence-corrected chi connectivity index (χ3v) is 3.17. The van der Waals surface area contributed by atoms with Crippen LogP contribution in [0.15, 0.2) is 36.4 Å². The molecule has 0 aliphatic heterocycles. The molecule has 1 N–H and O–H groups in total. The van der Waals surface area contributed by atoms with Crippen molar-refractivity contribution >= 4 is 0 Å². The van der Waals surface area contributed by atoms with E-state index in [9.17, 15) is 9.50 Å². The quantitative estimate of drug-likeness (QED) is 0.911. The Hall–Kier alpha value is -1.87. The van der Waals surface area contributed by atoms with Crippen LogP contribution in [0.4, 0.5) is 4.39 Å². The maximum absolute atomic E-state index is 13.6. The summed E-state index contributed by atoms with van der Waals surface area (Å²) in [6.07, 6.45) is 0. The number of aliphatic hydroxyl groups is 1. The minimum atomic E-state index is -0.449. The fourth-order valence-corrected chi connectivity index (χ4v) is 1.89. The van der Waals surface area contributed by atoms with Gasteiger partial charge in [0.2, 0.25) is 0 Å². The summed E-state index contributed by atoms with van der Waals surface area (Å²) in [5.41, 5.74) is 3.83. The van der Waals surface area contributed by atoms with Gasteiger partial charge in [-0.25, -0.2) is 4.39 Å². The van der Waals surface area contributed by atoms with Gasteiger partial charge in [-0.05, 0) is 36.6 Å². The first-order valence-corrected chi connectivity index (χ1v) is 6.19. The molecule has 0 amide bonds. The van der Waals surface area contributed by atoms with Gasteiger partial charge in [0, 0.05) is 5.56 Å². The molecule has 100 valence electrons. The molecule has 0 saturated carbocycles. The van der Waals surface area contributed by atoms with E-state index in [1.54, 1.807) is 12.1 Å². The maximum Gasteiger partial charge on any atom is 0.165 e. The number of hydrogen-bond acceptors (Lipinski definition) is 2. The fraction of sp³-hybridized carbons (Fsp3) is 0.250. The number of benzene rings is 2. The van der Waals surface area contributed by atoms with E-state index < -0.39 is 5.82 Å². The van der Waals surface area contributed by atoms with Crippen molar-refractivity contribution in [1.82, 2.24) is 0 Å². The Morgan fingerprint density at radius 3 is 2.58 bits per heavy atom. The van der Waals surface area contributed by atoms with Crippen molar-refractivity contribution in [2.45, 2.75) is 27.1 Å². The highest BCUT2D eigenvalue weighted by molar-refractivity contribution is 5.35. The topological polar surface area (TPSA) is 29.5 Å². The van der Waals surface area contributed by atoms with Gasteiger partial charge in [0.15, 0.2) is 11.6 Å². The highest BCUT2D eigenvalue weighted by atomic mass is 19.1. The molecule has 0 unspecified atom stereocenters. The molecule has 0 aromatic heterocycles. The van der Waals surface area contributed by atoms with Gasteiger partial charge in [0.25, 0.3) is 0 Å². The van der Waals surface area contributed by atoms with Crippen LogP contribution in [0.3, 0.4) is 0 Å². The average Bonchev–Trinajstić information content (AvgIpc) is 2.41. The van der Waals surface area contributed by atoms with E-state index in [0.29, 0.717) is 5.56 Å². The molecule has 0 spiro atoms. The molecule has 0 radical (unpaired) electrons. The number of aryl methyl sites for hydroxylation is 2. The second-order valence-corrected chi connectivity index (χ2v) is 4.59. The van der Waals surface area contributed by atoms with Crippen molar-refractivity contribution < 1.29 is 14.2 Å². The summed E-state index contributed by atoms with van der Waals surface area (Å²) in [7, 11) is 0. The Balaban J connectivity index is 2.16. The molecule has 0 aliphatic carbocycles. The standard InChI is InChI=1S/C16H17FO2/c1-11-6-7-13(8-12(11)2)10-19-16-14(9-18)4-3-5-15(16)17/h3-8,18H,9-10H2,1-2H3.